The van der Waals surface area contributed by atoms with Crippen LogP contribution in [0, 0.1) is 5.92 Å². The molecule has 3 unspecified atom stereocenters. The van der Waals surface area contributed by atoms with Crippen LogP contribution in [-0.4, -0.2) is 49.1 Å². The molecule has 2 aliphatic rings. The molecule has 19 heavy (non-hydrogen) atoms. The predicted molar refractivity (Wildman–Crippen MR) is 78.1 cm³/mol. The fourth-order valence-electron chi connectivity index (χ4n) is 3.25. The zero-order valence-electron chi connectivity index (χ0n) is 12.5. The van der Waals surface area contributed by atoms with E-state index >= 15 is 0 Å². The Bertz CT molecular complexity index is 289. The minimum absolute atomic E-state index is 0.0319. The van der Waals surface area contributed by atoms with Crippen molar-refractivity contribution in [2.24, 2.45) is 5.92 Å². The van der Waals surface area contributed by atoms with E-state index in [1.165, 1.54) is 38.8 Å². The van der Waals surface area contributed by atoms with Crippen LogP contribution in [-0.2, 0) is 4.79 Å². The van der Waals surface area contributed by atoms with Gasteiger partial charge in [-0.25, -0.2) is 0 Å². The number of hydrogen-bond donors (Lipinski definition) is 2. The van der Waals surface area contributed by atoms with Gasteiger partial charge in [0.05, 0.1) is 6.04 Å². The van der Waals surface area contributed by atoms with Gasteiger partial charge in [-0.05, 0) is 58.2 Å². The van der Waals surface area contributed by atoms with Gasteiger partial charge in [-0.3, -0.25) is 9.69 Å². The van der Waals surface area contributed by atoms with Crippen molar-refractivity contribution in [3.8, 4) is 0 Å². The summed E-state index contributed by atoms with van der Waals surface area (Å²) in [5.41, 5.74) is 0. The highest BCUT2D eigenvalue weighted by Gasteiger charge is 2.26. The van der Waals surface area contributed by atoms with Crippen LogP contribution in [0.15, 0.2) is 0 Å². The largest absolute Gasteiger partial charge is 0.353 e. The summed E-state index contributed by atoms with van der Waals surface area (Å²) < 4.78 is 0. The maximum absolute atomic E-state index is 12.2. The van der Waals surface area contributed by atoms with Gasteiger partial charge >= 0.3 is 0 Å². The van der Waals surface area contributed by atoms with E-state index in [4.69, 9.17) is 0 Å². The molecule has 0 aromatic carbocycles. The zero-order valence-corrected chi connectivity index (χ0v) is 12.5. The molecule has 0 spiro atoms. The van der Waals surface area contributed by atoms with Gasteiger partial charge in [0.25, 0.3) is 0 Å². The third-order valence-electron chi connectivity index (χ3n) is 4.74. The van der Waals surface area contributed by atoms with Gasteiger partial charge in [0, 0.05) is 12.6 Å². The van der Waals surface area contributed by atoms with E-state index in [2.05, 4.69) is 29.4 Å². The molecule has 0 aromatic heterocycles. The van der Waals surface area contributed by atoms with Gasteiger partial charge < -0.3 is 10.6 Å². The molecule has 110 valence electrons. The van der Waals surface area contributed by atoms with Crippen molar-refractivity contribution in [1.29, 1.82) is 0 Å². The quantitative estimate of drug-likeness (QED) is 0.790. The van der Waals surface area contributed by atoms with E-state index in [-0.39, 0.29) is 11.9 Å². The molecule has 1 amide bonds. The van der Waals surface area contributed by atoms with Crippen molar-refractivity contribution in [3.05, 3.63) is 0 Å². The molecule has 2 rings (SSSR count). The highest BCUT2D eigenvalue weighted by Crippen LogP contribution is 2.19. The van der Waals surface area contributed by atoms with Crippen LogP contribution in [0.25, 0.3) is 0 Å². The predicted octanol–water partition coefficient (Wildman–Crippen LogP) is 1.37. The molecule has 0 radical (unpaired) electrons. The Morgan fingerprint density at radius 1 is 1.42 bits per heavy atom. The third-order valence-corrected chi connectivity index (χ3v) is 4.74. The van der Waals surface area contributed by atoms with Gasteiger partial charge in [-0.2, -0.15) is 0 Å². The number of nitrogens with one attached hydrogen (secondary N) is 2. The lowest BCUT2D eigenvalue weighted by molar-refractivity contribution is -0.124. The van der Waals surface area contributed by atoms with Crippen LogP contribution >= 0.6 is 0 Å². The summed E-state index contributed by atoms with van der Waals surface area (Å²) in [4.78, 5) is 14.7. The van der Waals surface area contributed by atoms with Crippen molar-refractivity contribution in [2.75, 3.05) is 26.2 Å². The highest BCUT2D eigenvalue weighted by atomic mass is 16.2. The second-order valence-electron chi connectivity index (χ2n) is 6.14. The average molecular weight is 267 g/mol. The van der Waals surface area contributed by atoms with Crippen molar-refractivity contribution in [2.45, 2.75) is 58.0 Å². The molecule has 0 saturated carbocycles. The molecular formula is C15H29N3O. The van der Waals surface area contributed by atoms with Gasteiger partial charge in [0.2, 0.25) is 5.91 Å². The number of amides is 1. The van der Waals surface area contributed by atoms with E-state index < -0.39 is 0 Å². The summed E-state index contributed by atoms with van der Waals surface area (Å²) in [6.45, 7) is 8.59. The number of carbonyl (C=O) groups excluding carboxylic acids is 1. The Hall–Kier alpha value is -0.610. The Kier molecular flexibility index (Phi) is 5.64. The van der Waals surface area contributed by atoms with Gasteiger partial charge in [-0.15, -0.1) is 0 Å². The number of rotatable bonds is 5. The average Bonchev–Trinajstić information content (AvgIpc) is 2.98. The fourth-order valence-corrected chi connectivity index (χ4v) is 3.25. The standard InChI is InChI=1S/C15H29N3O/c1-3-13-6-7-16-14(10-13)15(19)17-11-12(2)18-8-4-5-9-18/h12-14,16H,3-11H2,1-2H3,(H,17,19). The molecule has 3 atom stereocenters. The smallest absolute Gasteiger partial charge is 0.237 e. The summed E-state index contributed by atoms with van der Waals surface area (Å²) in [5.74, 6) is 0.914. The molecule has 0 bridgehead atoms. The maximum atomic E-state index is 12.2. The van der Waals surface area contributed by atoms with Gasteiger partial charge in [0.1, 0.15) is 0 Å². The van der Waals surface area contributed by atoms with Crippen molar-refractivity contribution < 1.29 is 4.79 Å². The lowest BCUT2D eigenvalue weighted by atomic mass is 9.90. The summed E-state index contributed by atoms with van der Waals surface area (Å²) in [6.07, 6.45) is 6.02. The lowest BCUT2D eigenvalue weighted by Gasteiger charge is -2.30. The van der Waals surface area contributed by atoms with Crippen LogP contribution in [0.2, 0.25) is 0 Å². The van der Waals surface area contributed by atoms with Gasteiger partial charge in [-0.1, -0.05) is 13.3 Å². The second kappa shape index (κ2) is 7.25. The number of hydrogen-bond acceptors (Lipinski definition) is 3. The first-order chi connectivity index (χ1) is 9.20. The van der Waals surface area contributed by atoms with Crippen molar-refractivity contribution in [3.63, 3.8) is 0 Å². The Labute approximate surface area is 117 Å². The van der Waals surface area contributed by atoms with Crippen LogP contribution < -0.4 is 10.6 Å². The molecule has 2 saturated heterocycles. The van der Waals surface area contributed by atoms with E-state index in [9.17, 15) is 4.79 Å². The molecular weight excluding hydrogens is 238 g/mol. The molecule has 0 aromatic rings. The van der Waals surface area contributed by atoms with E-state index in [1.807, 2.05) is 0 Å². The normalized spacial score (nSPS) is 30.2. The summed E-state index contributed by atoms with van der Waals surface area (Å²) in [7, 11) is 0. The summed E-state index contributed by atoms with van der Waals surface area (Å²) >= 11 is 0. The van der Waals surface area contributed by atoms with Crippen LogP contribution in [0.3, 0.4) is 0 Å². The molecule has 0 aliphatic carbocycles. The topological polar surface area (TPSA) is 44.4 Å². The molecule has 4 nitrogen and oxygen atoms in total. The van der Waals surface area contributed by atoms with E-state index in [1.54, 1.807) is 0 Å². The minimum Gasteiger partial charge on any atom is -0.353 e. The molecule has 2 heterocycles. The van der Waals surface area contributed by atoms with Crippen molar-refractivity contribution >= 4 is 5.91 Å². The third kappa shape index (κ3) is 4.18. The molecule has 4 heteroatoms. The molecule has 2 aliphatic heterocycles. The number of carbonyl (C=O) groups is 1. The Morgan fingerprint density at radius 2 is 2.16 bits per heavy atom. The Balaban J connectivity index is 1.71. The summed E-state index contributed by atoms with van der Waals surface area (Å²) in [6, 6.07) is 0.501. The van der Waals surface area contributed by atoms with Gasteiger partial charge in [0.15, 0.2) is 0 Å². The minimum atomic E-state index is 0.0319. The number of piperidine rings is 1. The number of nitrogens with zero attached hydrogens (tertiary/aromatic N) is 1. The lowest BCUT2D eigenvalue weighted by Crippen LogP contribution is -2.51. The first kappa shape index (κ1) is 14.8. The summed E-state index contributed by atoms with van der Waals surface area (Å²) in [5, 5.41) is 6.48. The SMILES string of the molecule is CCC1CCNC(C(=O)NCC(C)N2CCCC2)C1. The number of likely N-dealkylation sites (tertiary alicyclic amines) is 1. The first-order valence-electron chi connectivity index (χ1n) is 7.95. The molecule has 2 fully saturated rings. The second-order valence-corrected chi connectivity index (χ2v) is 6.14. The van der Waals surface area contributed by atoms with Crippen molar-refractivity contribution in [1.82, 2.24) is 15.5 Å². The first-order valence-corrected chi connectivity index (χ1v) is 7.95. The van der Waals surface area contributed by atoms with E-state index in [0.717, 1.165) is 19.5 Å². The fraction of sp³-hybridized carbons (Fsp3) is 0.933. The highest BCUT2D eigenvalue weighted by molar-refractivity contribution is 5.81. The zero-order chi connectivity index (χ0) is 13.7. The Morgan fingerprint density at radius 3 is 2.84 bits per heavy atom. The molecule has 2 N–H and O–H groups in total. The maximum Gasteiger partial charge on any atom is 0.237 e. The van der Waals surface area contributed by atoms with E-state index in [0.29, 0.717) is 12.0 Å². The van der Waals surface area contributed by atoms with Crippen LogP contribution in [0.4, 0.5) is 0 Å². The van der Waals surface area contributed by atoms with Crippen LogP contribution in [0.5, 0.6) is 0 Å². The van der Waals surface area contributed by atoms with Crippen LogP contribution in [0.1, 0.15) is 46.0 Å². The monoisotopic (exact) mass is 267 g/mol.